The summed E-state index contributed by atoms with van der Waals surface area (Å²) in [6, 6.07) is 1.92. The summed E-state index contributed by atoms with van der Waals surface area (Å²) >= 11 is 0. The maximum Gasteiger partial charge on any atom is 0.254 e. The summed E-state index contributed by atoms with van der Waals surface area (Å²) in [6.45, 7) is 2.08. The zero-order valence-corrected chi connectivity index (χ0v) is 10.4. The summed E-state index contributed by atoms with van der Waals surface area (Å²) in [5.41, 5.74) is 3.95. The largest absolute Gasteiger partial charge is 0.306 e. The first kappa shape index (κ1) is 11.1. The van der Waals surface area contributed by atoms with E-state index in [1.807, 2.05) is 12.3 Å². The number of aromatic nitrogens is 3. The Kier molecular flexibility index (Phi) is 2.70. The van der Waals surface area contributed by atoms with Crippen LogP contribution in [0.2, 0.25) is 0 Å². The van der Waals surface area contributed by atoms with Gasteiger partial charge in [-0.15, -0.1) is 0 Å². The van der Waals surface area contributed by atoms with Crippen molar-refractivity contribution < 1.29 is 0 Å². The van der Waals surface area contributed by atoms with E-state index < -0.39 is 0 Å². The number of hydrogen-bond donors (Lipinski definition) is 1. The van der Waals surface area contributed by atoms with Gasteiger partial charge >= 0.3 is 0 Å². The minimum atomic E-state index is 0.0198. The van der Waals surface area contributed by atoms with E-state index in [0.717, 1.165) is 48.1 Å². The molecular formula is C14H15N3O. The normalized spacial score (nSPS) is 13.6. The molecule has 0 amide bonds. The maximum atomic E-state index is 12.0. The molecule has 0 saturated carbocycles. The molecule has 92 valence electrons. The summed E-state index contributed by atoms with van der Waals surface area (Å²) in [7, 11) is 0. The molecule has 0 spiro atoms. The molecule has 3 rings (SSSR count). The van der Waals surface area contributed by atoms with Gasteiger partial charge in [-0.05, 0) is 37.3 Å². The molecule has 0 unspecified atom stereocenters. The van der Waals surface area contributed by atoms with E-state index in [-0.39, 0.29) is 5.56 Å². The molecule has 2 aromatic rings. The van der Waals surface area contributed by atoms with Crippen molar-refractivity contribution in [2.75, 3.05) is 0 Å². The van der Waals surface area contributed by atoms with Crippen LogP contribution >= 0.6 is 0 Å². The van der Waals surface area contributed by atoms with Gasteiger partial charge in [0, 0.05) is 23.5 Å². The number of rotatable bonds is 2. The molecule has 0 radical (unpaired) electrons. The quantitative estimate of drug-likeness (QED) is 0.873. The molecule has 2 aromatic heterocycles. The SMILES string of the molecule is CCc1cnccc1-c1nc2c(c(=O)[nH]1)CCC2. The van der Waals surface area contributed by atoms with Crippen LogP contribution in [0.3, 0.4) is 0 Å². The van der Waals surface area contributed by atoms with E-state index in [1.54, 1.807) is 6.20 Å². The number of nitrogens with zero attached hydrogens (tertiary/aromatic N) is 2. The van der Waals surface area contributed by atoms with Gasteiger partial charge in [0.25, 0.3) is 5.56 Å². The van der Waals surface area contributed by atoms with Crippen molar-refractivity contribution in [1.29, 1.82) is 0 Å². The molecule has 18 heavy (non-hydrogen) atoms. The van der Waals surface area contributed by atoms with Crippen LogP contribution in [-0.4, -0.2) is 15.0 Å². The minimum absolute atomic E-state index is 0.0198. The van der Waals surface area contributed by atoms with Crippen LogP contribution in [0.1, 0.15) is 30.2 Å². The molecule has 4 nitrogen and oxygen atoms in total. The van der Waals surface area contributed by atoms with E-state index in [4.69, 9.17) is 0 Å². The highest BCUT2D eigenvalue weighted by Gasteiger charge is 2.18. The lowest BCUT2D eigenvalue weighted by Gasteiger charge is -2.07. The summed E-state index contributed by atoms with van der Waals surface area (Å²) in [5, 5.41) is 0. The van der Waals surface area contributed by atoms with Crippen molar-refractivity contribution in [3.05, 3.63) is 45.6 Å². The van der Waals surface area contributed by atoms with Crippen LogP contribution in [-0.2, 0) is 19.3 Å². The lowest BCUT2D eigenvalue weighted by molar-refractivity contribution is 0.899. The molecule has 0 bridgehead atoms. The summed E-state index contributed by atoms with van der Waals surface area (Å²) in [5.74, 6) is 0.680. The second kappa shape index (κ2) is 4.37. The highest BCUT2D eigenvalue weighted by atomic mass is 16.1. The number of H-pyrrole nitrogens is 1. The first-order valence-electron chi connectivity index (χ1n) is 6.35. The van der Waals surface area contributed by atoms with Crippen LogP contribution in [0.25, 0.3) is 11.4 Å². The highest BCUT2D eigenvalue weighted by molar-refractivity contribution is 5.59. The predicted molar refractivity (Wildman–Crippen MR) is 69.5 cm³/mol. The van der Waals surface area contributed by atoms with E-state index >= 15 is 0 Å². The van der Waals surface area contributed by atoms with Crippen LogP contribution in [0, 0.1) is 0 Å². The zero-order chi connectivity index (χ0) is 12.5. The first-order valence-corrected chi connectivity index (χ1v) is 6.35. The fraction of sp³-hybridized carbons (Fsp3) is 0.357. The molecule has 0 atom stereocenters. The third-order valence-electron chi connectivity index (χ3n) is 3.48. The second-order valence-corrected chi connectivity index (χ2v) is 4.58. The molecule has 0 fully saturated rings. The smallest absolute Gasteiger partial charge is 0.254 e. The molecule has 0 aromatic carbocycles. The topological polar surface area (TPSA) is 58.6 Å². The van der Waals surface area contributed by atoms with Crippen molar-refractivity contribution in [2.45, 2.75) is 32.6 Å². The van der Waals surface area contributed by atoms with Crippen molar-refractivity contribution in [1.82, 2.24) is 15.0 Å². The maximum absolute atomic E-state index is 12.0. The molecule has 1 aliphatic carbocycles. The van der Waals surface area contributed by atoms with Gasteiger partial charge in [-0.25, -0.2) is 4.98 Å². The van der Waals surface area contributed by atoms with Crippen molar-refractivity contribution in [2.24, 2.45) is 0 Å². The average Bonchev–Trinajstić information content (AvgIpc) is 2.87. The number of nitrogens with one attached hydrogen (secondary N) is 1. The van der Waals surface area contributed by atoms with Gasteiger partial charge < -0.3 is 4.98 Å². The molecule has 0 saturated heterocycles. The monoisotopic (exact) mass is 241 g/mol. The molecule has 1 aliphatic rings. The fourth-order valence-corrected chi connectivity index (χ4v) is 2.51. The van der Waals surface area contributed by atoms with Gasteiger partial charge in [0.2, 0.25) is 0 Å². The first-order chi connectivity index (χ1) is 8.79. The number of hydrogen-bond acceptors (Lipinski definition) is 3. The molecule has 2 heterocycles. The number of aromatic amines is 1. The Morgan fingerprint density at radius 3 is 3.11 bits per heavy atom. The Morgan fingerprint density at radius 2 is 2.28 bits per heavy atom. The van der Waals surface area contributed by atoms with Crippen LogP contribution < -0.4 is 5.56 Å². The molecular weight excluding hydrogens is 226 g/mol. The van der Waals surface area contributed by atoms with Gasteiger partial charge in [0.05, 0.1) is 5.69 Å². The van der Waals surface area contributed by atoms with Gasteiger partial charge in [0.15, 0.2) is 0 Å². The van der Waals surface area contributed by atoms with Crippen molar-refractivity contribution in [3.63, 3.8) is 0 Å². The van der Waals surface area contributed by atoms with Crippen LogP contribution in [0.4, 0.5) is 0 Å². The fourth-order valence-electron chi connectivity index (χ4n) is 2.51. The third-order valence-corrected chi connectivity index (χ3v) is 3.48. The van der Waals surface area contributed by atoms with Crippen molar-refractivity contribution >= 4 is 0 Å². The lowest BCUT2D eigenvalue weighted by Crippen LogP contribution is -2.15. The van der Waals surface area contributed by atoms with E-state index in [0.29, 0.717) is 5.82 Å². The van der Waals surface area contributed by atoms with Gasteiger partial charge in [-0.2, -0.15) is 0 Å². The number of aryl methyl sites for hydroxylation is 2. The Hall–Kier alpha value is -1.97. The molecule has 4 heteroatoms. The average molecular weight is 241 g/mol. The van der Waals surface area contributed by atoms with Crippen LogP contribution in [0.15, 0.2) is 23.3 Å². The van der Waals surface area contributed by atoms with Gasteiger partial charge in [0.1, 0.15) is 5.82 Å². The van der Waals surface area contributed by atoms with E-state index in [9.17, 15) is 4.79 Å². The van der Waals surface area contributed by atoms with E-state index in [2.05, 4.69) is 21.9 Å². The Morgan fingerprint density at radius 1 is 1.39 bits per heavy atom. The number of fused-ring (bicyclic) bond motifs is 1. The lowest BCUT2D eigenvalue weighted by atomic mass is 10.1. The highest BCUT2D eigenvalue weighted by Crippen LogP contribution is 2.22. The second-order valence-electron chi connectivity index (χ2n) is 4.58. The summed E-state index contributed by atoms with van der Waals surface area (Å²) in [6.07, 6.45) is 7.26. The summed E-state index contributed by atoms with van der Waals surface area (Å²) < 4.78 is 0. The standard InChI is InChI=1S/C14H15N3O/c1-2-9-8-15-7-6-10(9)13-16-12-5-3-4-11(12)14(18)17-13/h6-8H,2-5H2,1H3,(H,16,17,18). The number of pyridine rings is 1. The van der Waals surface area contributed by atoms with Gasteiger partial charge in [-0.3, -0.25) is 9.78 Å². The third kappa shape index (κ3) is 1.74. The Balaban J connectivity index is 2.18. The molecule has 1 N–H and O–H groups in total. The van der Waals surface area contributed by atoms with Crippen molar-refractivity contribution in [3.8, 4) is 11.4 Å². The van der Waals surface area contributed by atoms with E-state index in [1.165, 1.54) is 0 Å². The van der Waals surface area contributed by atoms with Crippen LogP contribution in [0.5, 0.6) is 0 Å². The summed E-state index contributed by atoms with van der Waals surface area (Å²) in [4.78, 5) is 23.6. The molecule has 0 aliphatic heterocycles. The predicted octanol–water partition coefficient (Wildman–Crippen LogP) is 1.88. The Labute approximate surface area is 105 Å². The zero-order valence-electron chi connectivity index (χ0n) is 10.4. The van der Waals surface area contributed by atoms with Gasteiger partial charge in [-0.1, -0.05) is 6.92 Å². The Bertz CT molecular complexity index is 646. The minimum Gasteiger partial charge on any atom is -0.306 e.